The number of rotatable bonds is 4. The van der Waals surface area contributed by atoms with Crippen molar-refractivity contribution >= 4 is 5.97 Å². The molecule has 0 spiro atoms. The molecular weight excluding hydrogens is 180 g/mol. The zero-order valence-corrected chi connectivity index (χ0v) is 7.93. The van der Waals surface area contributed by atoms with Crippen LogP contribution in [-0.2, 0) is 0 Å². The highest BCUT2D eigenvalue weighted by molar-refractivity contribution is 5.87. The van der Waals surface area contributed by atoms with E-state index in [1.807, 2.05) is 19.1 Å². The maximum atomic E-state index is 10.5. The van der Waals surface area contributed by atoms with Gasteiger partial charge in [-0.25, -0.2) is 4.79 Å². The van der Waals surface area contributed by atoms with Gasteiger partial charge in [-0.1, -0.05) is 12.2 Å². The van der Waals surface area contributed by atoms with E-state index in [1.165, 1.54) is 12.1 Å². The summed E-state index contributed by atoms with van der Waals surface area (Å²) in [6.45, 7) is 2.42. The third-order valence-corrected chi connectivity index (χ3v) is 1.68. The molecule has 0 aromatic heterocycles. The molecule has 0 atom stereocenters. The minimum absolute atomic E-state index is 0.267. The molecule has 0 fully saturated rings. The lowest BCUT2D eigenvalue weighted by Crippen LogP contribution is -1.97. The number of hydrogen-bond donors (Lipinski definition) is 1. The van der Waals surface area contributed by atoms with Crippen LogP contribution >= 0.6 is 0 Å². The number of allylic oxidation sites excluding steroid dienone is 1. The SMILES string of the molecule is CC=CCOc1ccc(C(=O)O)cc1. The number of benzene rings is 1. The lowest BCUT2D eigenvalue weighted by Gasteiger charge is -2.02. The van der Waals surface area contributed by atoms with Crippen LogP contribution in [0.3, 0.4) is 0 Å². The molecule has 0 saturated heterocycles. The van der Waals surface area contributed by atoms with Crippen molar-refractivity contribution in [1.29, 1.82) is 0 Å². The van der Waals surface area contributed by atoms with E-state index in [0.717, 1.165) is 0 Å². The van der Waals surface area contributed by atoms with E-state index in [2.05, 4.69) is 0 Å². The third-order valence-electron chi connectivity index (χ3n) is 1.68. The highest BCUT2D eigenvalue weighted by Gasteiger charge is 2.01. The van der Waals surface area contributed by atoms with Gasteiger partial charge in [-0.15, -0.1) is 0 Å². The summed E-state index contributed by atoms with van der Waals surface area (Å²) in [6, 6.07) is 6.33. The maximum Gasteiger partial charge on any atom is 0.335 e. The molecule has 1 N–H and O–H groups in total. The van der Waals surface area contributed by atoms with Gasteiger partial charge >= 0.3 is 5.97 Å². The summed E-state index contributed by atoms with van der Waals surface area (Å²) in [5, 5.41) is 8.64. The Morgan fingerprint density at radius 2 is 2.07 bits per heavy atom. The van der Waals surface area contributed by atoms with E-state index < -0.39 is 5.97 Å². The van der Waals surface area contributed by atoms with Gasteiger partial charge in [0.05, 0.1) is 5.56 Å². The number of carboxylic acid groups (broad SMARTS) is 1. The minimum Gasteiger partial charge on any atom is -0.490 e. The molecule has 0 aliphatic carbocycles. The Bertz CT molecular complexity index is 325. The molecule has 0 saturated carbocycles. The molecule has 1 aromatic carbocycles. The number of ether oxygens (including phenoxy) is 1. The first kappa shape index (κ1) is 10.3. The first-order valence-corrected chi connectivity index (χ1v) is 4.31. The van der Waals surface area contributed by atoms with E-state index in [4.69, 9.17) is 9.84 Å². The molecule has 0 aliphatic heterocycles. The van der Waals surface area contributed by atoms with Gasteiger partial charge in [0.25, 0.3) is 0 Å². The highest BCUT2D eigenvalue weighted by atomic mass is 16.5. The van der Waals surface area contributed by atoms with Crippen molar-refractivity contribution in [2.24, 2.45) is 0 Å². The fraction of sp³-hybridized carbons (Fsp3) is 0.182. The average molecular weight is 192 g/mol. The van der Waals surface area contributed by atoms with Gasteiger partial charge in [0.1, 0.15) is 12.4 Å². The summed E-state index contributed by atoms with van der Waals surface area (Å²) in [6.07, 6.45) is 3.77. The van der Waals surface area contributed by atoms with Crippen LogP contribution in [0.2, 0.25) is 0 Å². The van der Waals surface area contributed by atoms with Crippen molar-refractivity contribution in [3.63, 3.8) is 0 Å². The molecule has 1 rings (SSSR count). The predicted molar refractivity (Wildman–Crippen MR) is 53.7 cm³/mol. The topological polar surface area (TPSA) is 46.5 Å². The highest BCUT2D eigenvalue weighted by Crippen LogP contribution is 2.11. The van der Waals surface area contributed by atoms with E-state index >= 15 is 0 Å². The summed E-state index contributed by atoms with van der Waals surface area (Å²) in [5.41, 5.74) is 0.267. The molecule has 1 aromatic rings. The first-order valence-electron chi connectivity index (χ1n) is 4.31. The Morgan fingerprint density at radius 1 is 1.43 bits per heavy atom. The molecule has 74 valence electrons. The van der Waals surface area contributed by atoms with Crippen molar-refractivity contribution in [2.75, 3.05) is 6.61 Å². The number of hydrogen-bond acceptors (Lipinski definition) is 2. The van der Waals surface area contributed by atoms with Gasteiger partial charge in [-0.3, -0.25) is 0 Å². The van der Waals surface area contributed by atoms with Gasteiger partial charge in [0.2, 0.25) is 0 Å². The Hall–Kier alpha value is -1.77. The van der Waals surface area contributed by atoms with E-state index in [-0.39, 0.29) is 5.56 Å². The number of carboxylic acids is 1. The van der Waals surface area contributed by atoms with Crippen LogP contribution in [0, 0.1) is 0 Å². The van der Waals surface area contributed by atoms with Crippen molar-refractivity contribution in [1.82, 2.24) is 0 Å². The summed E-state index contributed by atoms with van der Waals surface area (Å²) >= 11 is 0. The minimum atomic E-state index is -0.926. The van der Waals surface area contributed by atoms with Crippen LogP contribution in [0.15, 0.2) is 36.4 Å². The van der Waals surface area contributed by atoms with Crippen molar-refractivity contribution in [2.45, 2.75) is 6.92 Å². The van der Waals surface area contributed by atoms with Gasteiger partial charge in [-0.2, -0.15) is 0 Å². The van der Waals surface area contributed by atoms with E-state index in [1.54, 1.807) is 12.1 Å². The zero-order chi connectivity index (χ0) is 10.4. The second-order valence-corrected chi connectivity index (χ2v) is 2.71. The molecular formula is C11H12O3. The molecule has 0 amide bonds. The third kappa shape index (κ3) is 2.94. The molecule has 14 heavy (non-hydrogen) atoms. The molecule has 3 heteroatoms. The van der Waals surface area contributed by atoms with E-state index in [0.29, 0.717) is 12.4 Å². The molecule has 0 heterocycles. The molecule has 0 bridgehead atoms. The van der Waals surface area contributed by atoms with Gasteiger partial charge in [0, 0.05) is 0 Å². The lowest BCUT2D eigenvalue weighted by molar-refractivity contribution is 0.0697. The summed E-state index contributed by atoms with van der Waals surface area (Å²) < 4.78 is 5.30. The monoisotopic (exact) mass is 192 g/mol. The fourth-order valence-corrected chi connectivity index (χ4v) is 0.934. The molecule has 3 nitrogen and oxygen atoms in total. The standard InChI is InChI=1S/C11H12O3/c1-2-3-8-14-10-6-4-9(5-7-10)11(12)13/h2-7H,8H2,1H3,(H,12,13). The normalized spacial score (nSPS) is 10.4. The zero-order valence-electron chi connectivity index (χ0n) is 7.93. The van der Waals surface area contributed by atoms with Crippen LogP contribution in [0.25, 0.3) is 0 Å². The Balaban J connectivity index is 2.59. The Morgan fingerprint density at radius 3 is 2.57 bits per heavy atom. The summed E-state index contributed by atoms with van der Waals surface area (Å²) in [5.74, 6) is -0.252. The van der Waals surface area contributed by atoms with Gasteiger partial charge in [-0.05, 0) is 31.2 Å². The largest absolute Gasteiger partial charge is 0.490 e. The van der Waals surface area contributed by atoms with Crippen molar-refractivity contribution in [3.05, 3.63) is 42.0 Å². The van der Waals surface area contributed by atoms with Crippen molar-refractivity contribution < 1.29 is 14.6 Å². The quantitative estimate of drug-likeness (QED) is 0.745. The average Bonchev–Trinajstić information content (AvgIpc) is 2.19. The van der Waals surface area contributed by atoms with Gasteiger partial charge < -0.3 is 9.84 Å². The molecule has 0 unspecified atom stereocenters. The fourth-order valence-electron chi connectivity index (χ4n) is 0.934. The Labute approximate surface area is 82.6 Å². The first-order chi connectivity index (χ1) is 6.74. The van der Waals surface area contributed by atoms with Crippen molar-refractivity contribution in [3.8, 4) is 5.75 Å². The number of aromatic carboxylic acids is 1. The van der Waals surface area contributed by atoms with Crippen LogP contribution in [-0.4, -0.2) is 17.7 Å². The second-order valence-electron chi connectivity index (χ2n) is 2.71. The second kappa shape index (κ2) is 5.07. The van der Waals surface area contributed by atoms with Crippen LogP contribution in [0.4, 0.5) is 0 Å². The van der Waals surface area contributed by atoms with Crippen LogP contribution in [0.1, 0.15) is 17.3 Å². The predicted octanol–water partition coefficient (Wildman–Crippen LogP) is 2.34. The van der Waals surface area contributed by atoms with Crippen LogP contribution < -0.4 is 4.74 Å². The summed E-state index contributed by atoms with van der Waals surface area (Å²) in [4.78, 5) is 10.5. The smallest absolute Gasteiger partial charge is 0.335 e. The van der Waals surface area contributed by atoms with Crippen LogP contribution in [0.5, 0.6) is 5.75 Å². The lowest BCUT2D eigenvalue weighted by atomic mass is 10.2. The molecule has 0 aliphatic rings. The maximum absolute atomic E-state index is 10.5. The van der Waals surface area contributed by atoms with E-state index in [9.17, 15) is 4.79 Å². The summed E-state index contributed by atoms with van der Waals surface area (Å²) in [7, 11) is 0. The van der Waals surface area contributed by atoms with Gasteiger partial charge in [0.15, 0.2) is 0 Å². The Kier molecular flexibility index (Phi) is 3.73. The number of carbonyl (C=O) groups is 1. The molecule has 0 radical (unpaired) electrons.